The number of nitrogens with one attached hydrogen (secondary N) is 1. The van der Waals surface area contributed by atoms with Crippen molar-refractivity contribution in [1.29, 1.82) is 0 Å². The summed E-state index contributed by atoms with van der Waals surface area (Å²) in [4.78, 5) is 3.74. The second kappa shape index (κ2) is 8.17. The van der Waals surface area contributed by atoms with Gasteiger partial charge in [-0.05, 0) is 24.3 Å². The third-order valence-corrected chi connectivity index (χ3v) is 6.73. The highest BCUT2D eigenvalue weighted by Gasteiger charge is 2.32. The third kappa shape index (κ3) is 4.70. The minimum atomic E-state index is -4.52. The molecule has 31 heavy (non-hydrogen) atoms. The Morgan fingerprint density at radius 1 is 1.23 bits per heavy atom. The van der Waals surface area contributed by atoms with Crippen molar-refractivity contribution in [2.75, 3.05) is 11.3 Å². The molecule has 7 nitrogen and oxygen atoms in total. The van der Waals surface area contributed by atoms with Gasteiger partial charge in [0.15, 0.2) is 0 Å². The van der Waals surface area contributed by atoms with Crippen LogP contribution >= 0.6 is 23.1 Å². The fraction of sp³-hybridized carbons (Fsp3) is 0.222. The monoisotopic (exact) mass is 491 g/mol. The number of aromatic nitrogens is 2. The maximum atomic E-state index is 12.8. The highest BCUT2D eigenvalue weighted by Crippen LogP contribution is 2.40. The molecule has 0 saturated heterocycles. The largest absolute Gasteiger partial charge is 0.493 e. The predicted octanol–water partition coefficient (Wildman–Crippen LogP) is 4.91. The van der Waals surface area contributed by atoms with Crippen molar-refractivity contribution in [3.05, 3.63) is 58.9 Å². The zero-order chi connectivity index (χ0) is 22.2. The van der Waals surface area contributed by atoms with Gasteiger partial charge in [-0.25, -0.2) is 13.4 Å². The zero-order valence-corrected chi connectivity index (χ0v) is 17.8. The van der Waals surface area contributed by atoms with Crippen molar-refractivity contribution < 1.29 is 31.1 Å². The summed E-state index contributed by atoms with van der Waals surface area (Å²) in [6, 6.07) is 7.10. The lowest BCUT2D eigenvalue weighted by Crippen LogP contribution is -2.20. The average Bonchev–Trinajstić information content (AvgIpc) is 3.21. The van der Waals surface area contributed by atoms with Gasteiger partial charge in [-0.15, -0.1) is 0 Å². The topological polar surface area (TPSA) is 90.4 Å². The third-order valence-electron chi connectivity index (χ3n) is 4.39. The number of rotatable bonds is 5. The lowest BCUT2D eigenvalue weighted by Gasteiger charge is -2.27. The standard InChI is InChI=1S/C18H13ClF3N3O4S2/c19-13-7-10(18(20,21)22)1-4-15(13)29-14-5-6-28-16-8-11(2-3-12(14)16)31(26,27)25-17-23-9-24-30-17/h1-4,7-9,14H,5-6H2,(H,23,24,25). The van der Waals surface area contributed by atoms with Crippen LogP contribution in [0.3, 0.4) is 0 Å². The normalized spacial score (nSPS) is 16.3. The number of nitrogens with zero attached hydrogens (tertiary/aromatic N) is 2. The van der Waals surface area contributed by atoms with E-state index in [0.29, 0.717) is 17.7 Å². The molecule has 13 heteroatoms. The van der Waals surface area contributed by atoms with Crippen molar-refractivity contribution in [2.45, 2.75) is 23.6 Å². The second-order valence-corrected chi connectivity index (χ2v) is 9.31. The van der Waals surface area contributed by atoms with Crippen LogP contribution in [0.5, 0.6) is 11.5 Å². The van der Waals surface area contributed by atoms with Gasteiger partial charge >= 0.3 is 6.18 Å². The van der Waals surface area contributed by atoms with Gasteiger partial charge in [0.25, 0.3) is 10.0 Å². The number of ether oxygens (including phenoxy) is 2. The van der Waals surface area contributed by atoms with Crippen LogP contribution in [0.25, 0.3) is 0 Å². The summed E-state index contributed by atoms with van der Waals surface area (Å²) in [6.45, 7) is 0.225. The van der Waals surface area contributed by atoms with E-state index in [-0.39, 0.29) is 27.4 Å². The van der Waals surface area contributed by atoms with E-state index in [2.05, 4.69) is 14.1 Å². The zero-order valence-electron chi connectivity index (χ0n) is 15.4. The predicted molar refractivity (Wildman–Crippen MR) is 107 cm³/mol. The smallest absolute Gasteiger partial charge is 0.416 e. The quantitative estimate of drug-likeness (QED) is 0.545. The molecule has 3 aromatic rings. The lowest BCUT2D eigenvalue weighted by molar-refractivity contribution is -0.137. The number of halogens is 4. The number of anilines is 1. The first-order valence-corrected chi connectivity index (χ1v) is 11.4. The van der Waals surface area contributed by atoms with Crippen molar-refractivity contribution in [1.82, 2.24) is 9.36 Å². The number of benzene rings is 2. The van der Waals surface area contributed by atoms with Gasteiger partial charge < -0.3 is 9.47 Å². The van der Waals surface area contributed by atoms with Crippen LogP contribution < -0.4 is 14.2 Å². The molecule has 1 aliphatic rings. The van der Waals surface area contributed by atoms with Gasteiger partial charge in [0, 0.05) is 29.6 Å². The van der Waals surface area contributed by atoms with Gasteiger partial charge in [0.05, 0.1) is 22.1 Å². The Labute approximate surface area is 184 Å². The summed E-state index contributed by atoms with van der Waals surface area (Å²) >= 11 is 6.87. The molecule has 1 aliphatic heterocycles. The molecular formula is C18H13ClF3N3O4S2. The van der Waals surface area contributed by atoms with Gasteiger partial charge in [0.1, 0.15) is 23.9 Å². The first-order chi connectivity index (χ1) is 14.6. The summed E-state index contributed by atoms with van der Waals surface area (Å²) in [6.07, 6.45) is -3.46. The molecule has 1 atom stereocenters. The SMILES string of the molecule is O=S(=O)(Nc1ncns1)c1ccc2c(c1)OCCC2Oc1ccc(C(F)(F)F)cc1Cl. The Bertz CT molecular complexity index is 1200. The van der Waals surface area contributed by atoms with Gasteiger partial charge in [0.2, 0.25) is 5.13 Å². The number of hydrogen-bond acceptors (Lipinski definition) is 7. The highest BCUT2D eigenvalue weighted by atomic mass is 35.5. The van der Waals surface area contributed by atoms with E-state index in [9.17, 15) is 21.6 Å². The molecule has 0 amide bonds. The number of alkyl halides is 3. The van der Waals surface area contributed by atoms with Crippen LogP contribution in [-0.4, -0.2) is 24.4 Å². The molecule has 1 N–H and O–H groups in total. The molecule has 0 aliphatic carbocycles. The number of sulfonamides is 1. The Morgan fingerprint density at radius 2 is 2.03 bits per heavy atom. The first-order valence-electron chi connectivity index (χ1n) is 8.73. The highest BCUT2D eigenvalue weighted by molar-refractivity contribution is 7.93. The maximum absolute atomic E-state index is 12.8. The van der Waals surface area contributed by atoms with E-state index >= 15 is 0 Å². The Balaban J connectivity index is 1.58. The van der Waals surface area contributed by atoms with Crippen molar-refractivity contribution in [2.24, 2.45) is 0 Å². The fourth-order valence-electron chi connectivity index (χ4n) is 2.94. The van der Waals surface area contributed by atoms with Gasteiger partial charge in [-0.3, -0.25) is 4.72 Å². The molecule has 0 fully saturated rings. The number of fused-ring (bicyclic) bond motifs is 1. The minimum absolute atomic E-state index is 0.0466. The van der Waals surface area contributed by atoms with Crippen LogP contribution in [0.1, 0.15) is 23.7 Å². The van der Waals surface area contributed by atoms with Crippen LogP contribution in [0.15, 0.2) is 47.6 Å². The van der Waals surface area contributed by atoms with Gasteiger partial charge in [-0.1, -0.05) is 17.7 Å². The van der Waals surface area contributed by atoms with E-state index < -0.39 is 27.9 Å². The summed E-state index contributed by atoms with van der Waals surface area (Å²) in [7, 11) is -3.91. The molecular weight excluding hydrogens is 479 g/mol. The molecule has 0 radical (unpaired) electrons. The summed E-state index contributed by atoms with van der Waals surface area (Å²) < 4.78 is 81.0. The number of hydrogen-bond donors (Lipinski definition) is 1. The van der Waals surface area contributed by atoms with E-state index in [1.165, 1.54) is 24.5 Å². The molecule has 0 saturated carbocycles. The Morgan fingerprint density at radius 3 is 2.71 bits per heavy atom. The molecule has 164 valence electrons. The molecule has 2 aromatic carbocycles. The average molecular weight is 492 g/mol. The van der Waals surface area contributed by atoms with Crippen LogP contribution in [0.4, 0.5) is 18.3 Å². The molecule has 1 unspecified atom stereocenters. The lowest BCUT2D eigenvalue weighted by atomic mass is 10.0. The van der Waals surface area contributed by atoms with Gasteiger partial charge in [-0.2, -0.15) is 17.5 Å². The van der Waals surface area contributed by atoms with E-state index in [1.807, 2.05) is 0 Å². The Hall–Kier alpha value is -2.57. The summed E-state index contributed by atoms with van der Waals surface area (Å²) in [5, 5.41) is -0.0554. The molecule has 2 heterocycles. The fourth-order valence-corrected chi connectivity index (χ4v) is 4.85. The molecule has 4 rings (SSSR count). The van der Waals surface area contributed by atoms with Crippen molar-refractivity contribution in [3.63, 3.8) is 0 Å². The molecule has 0 spiro atoms. The second-order valence-electron chi connectivity index (χ2n) is 6.44. The molecule has 1 aromatic heterocycles. The van der Waals surface area contributed by atoms with Crippen LogP contribution in [-0.2, 0) is 16.2 Å². The summed E-state index contributed by atoms with van der Waals surface area (Å²) in [5.74, 6) is 0.376. The molecule has 0 bridgehead atoms. The summed E-state index contributed by atoms with van der Waals surface area (Å²) in [5.41, 5.74) is -0.327. The minimum Gasteiger partial charge on any atom is -0.493 e. The van der Waals surface area contributed by atoms with Crippen LogP contribution in [0, 0.1) is 0 Å². The van der Waals surface area contributed by atoms with E-state index in [4.69, 9.17) is 21.1 Å². The van der Waals surface area contributed by atoms with E-state index in [0.717, 1.165) is 29.7 Å². The Kier molecular flexibility index (Phi) is 5.71. The van der Waals surface area contributed by atoms with Crippen molar-refractivity contribution >= 4 is 38.3 Å². The van der Waals surface area contributed by atoms with E-state index in [1.54, 1.807) is 0 Å². The van der Waals surface area contributed by atoms with Crippen molar-refractivity contribution in [3.8, 4) is 11.5 Å². The first kappa shape index (κ1) is 21.7. The maximum Gasteiger partial charge on any atom is 0.416 e. The van der Waals surface area contributed by atoms with Crippen LogP contribution in [0.2, 0.25) is 5.02 Å².